The summed E-state index contributed by atoms with van der Waals surface area (Å²) in [5, 5.41) is 4.24. The Morgan fingerprint density at radius 1 is 1.04 bits per heavy atom. The van der Waals surface area contributed by atoms with E-state index in [1.807, 2.05) is 20.0 Å². The van der Waals surface area contributed by atoms with Crippen molar-refractivity contribution in [1.29, 1.82) is 0 Å². The molecule has 0 aliphatic heterocycles. The van der Waals surface area contributed by atoms with Gasteiger partial charge < -0.3 is 4.79 Å². The first-order valence-electron chi connectivity index (χ1n) is 8.80. The number of aldehydes is 1. The number of anilines is 1. The quantitative estimate of drug-likeness (QED) is 0.593. The SMILES string of the molecule is C[C@@H](C=O)N(c1ccc2c(c1)CCCC2)N(C)Cc1ccccc1. The number of hydrogen-bond acceptors (Lipinski definition) is 3. The van der Waals surface area contributed by atoms with Gasteiger partial charge in [0, 0.05) is 13.6 Å². The number of benzene rings is 2. The highest BCUT2D eigenvalue weighted by Gasteiger charge is 2.20. The molecule has 3 heteroatoms. The van der Waals surface area contributed by atoms with Gasteiger partial charge in [0.05, 0.1) is 11.7 Å². The van der Waals surface area contributed by atoms with Gasteiger partial charge in [-0.2, -0.15) is 0 Å². The fraction of sp³-hybridized carbons (Fsp3) is 0.381. The van der Waals surface area contributed by atoms with E-state index in [0.717, 1.165) is 24.9 Å². The first-order chi connectivity index (χ1) is 11.7. The molecule has 0 aromatic heterocycles. The highest BCUT2D eigenvalue weighted by molar-refractivity contribution is 5.65. The molecule has 2 aromatic rings. The van der Waals surface area contributed by atoms with Crippen molar-refractivity contribution < 1.29 is 4.79 Å². The number of carbonyl (C=O) groups is 1. The largest absolute Gasteiger partial charge is 0.301 e. The zero-order valence-corrected chi connectivity index (χ0v) is 14.6. The molecule has 1 aliphatic rings. The van der Waals surface area contributed by atoms with Crippen molar-refractivity contribution >= 4 is 12.0 Å². The number of carbonyl (C=O) groups excluding carboxylic acids is 1. The van der Waals surface area contributed by atoms with Crippen molar-refractivity contribution in [1.82, 2.24) is 5.01 Å². The third-order valence-corrected chi connectivity index (χ3v) is 4.80. The minimum Gasteiger partial charge on any atom is -0.301 e. The average molecular weight is 322 g/mol. The second-order valence-corrected chi connectivity index (χ2v) is 6.68. The predicted molar refractivity (Wildman–Crippen MR) is 99.0 cm³/mol. The minimum atomic E-state index is -0.194. The fourth-order valence-electron chi connectivity index (χ4n) is 3.59. The molecule has 24 heavy (non-hydrogen) atoms. The number of hydrazine groups is 1. The zero-order valence-electron chi connectivity index (χ0n) is 14.6. The van der Waals surface area contributed by atoms with Gasteiger partial charge in [-0.15, -0.1) is 0 Å². The zero-order chi connectivity index (χ0) is 16.9. The molecule has 126 valence electrons. The second kappa shape index (κ2) is 7.63. The predicted octanol–water partition coefficient (Wildman–Crippen LogP) is 4.01. The van der Waals surface area contributed by atoms with E-state index in [1.165, 1.54) is 36.0 Å². The van der Waals surface area contributed by atoms with Crippen LogP contribution >= 0.6 is 0 Å². The summed E-state index contributed by atoms with van der Waals surface area (Å²) in [4.78, 5) is 11.5. The molecule has 3 rings (SSSR count). The fourth-order valence-corrected chi connectivity index (χ4v) is 3.59. The molecular weight excluding hydrogens is 296 g/mol. The van der Waals surface area contributed by atoms with Crippen LogP contribution in [0, 0.1) is 0 Å². The van der Waals surface area contributed by atoms with E-state index in [-0.39, 0.29) is 6.04 Å². The van der Waals surface area contributed by atoms with Gasteiger partial charge in [-0.25, -0.2) is 5.01 Å². The molecule has 0 bridgehead atoms. The van der Waals surface area contributed by atoms with Crippen LogP contribution in [0.1, 0.15) is 36.5 Å². The Balaban J connectivity index is 1.87. The van der Waals surface area contributed by atoms with E-state index in [1.54, 1.807) is 0 Å². The van der Waals surface area contributed by atoms with Gasteiger partial charge in [-0.1, -0.05) is 36.4 Å². The molecular formula is C21H26N2O. The van der Waals surface area contributed by atoms with E-state index in [2.05, 4.69) is 52.5 Å². The van der Waals surface area contributed by atoms with E-state index in [4.69, 9.17) is 0 Å². The Labute approximate surface area is 144 Å². The van der Waals surface area contributed by atoms with Gasteiger partial charge in [0.15, 0.2) is 0 Å². The monoisotopic (exact) mass is 322 g/mol. The molecule has 0 amide bonds. The number of hydrogen-bond donors (Lipinski definition) is 0. The Bertz CT molecular complexity index is 683. The normalized spacial score (nSPS) is 15.0. The molecule has 0 saturated carbocycles. The second-order valence-electron chi connectivity index (χ2n) is 6.68. The van der Waals surface area contributed by atoms with Crippen LogP contribution in [-0.2, 0) is 24.2 Å². The summed E-state index contributed by atoms with van der Waals surface area (Å²) in [5.41, 5.74) is 5.25. The number of aryl methyl sites for hydroxylation is 2. The van der Waals surface area contributed by atoms with Gasteiger partial charge in [-0.3, -0.25) is 5.01 Å². The number of fused-ring (bicyclic) bond motifs is 1. The number of nitrogens with zero attached hydrogens (tertiary/aromatic N) is 2. The summed E-state index contributed by atoms with van der Waals surface area (Å²) in [5.74, 6) is 0. The maximum atomic E-state index is 11.5. The lowest BCUT2D eigenvalue weighted by Gasteiger charge is -2.37. The summed E-state index contributed by atoms with van der Waals surface area (Å²) >= 11 is 0. The van der Waals surface area contributed by atoms with Gasteiger partial charge in [0.1, 0.15) is 6.29 Å². The summed E-state index contributed by atoms with van der Waals surface area (Å²) in [6, 6.07) is 16.8. The molecule has 0 spiro atoms. The Morgan fingerprint density at radius 2 is 1.75 bits per heavy atom. The van der Waals surface area contributed by atoms with Crippen LogP contribution in [0.5, 0.6) is 0 Å². The van der Waals surface area contributed by atoms with Crippen LogP contribution in [-0.4, -0.2) is 24.4 Å². The van der Waals surface area contributed by atoms with Crippen LogP contribution in [0.4, 0.5) is 5.69 Å². The van der Waals surface area contributed by atoms with Gasteiger partial charge in [0.25, 0.3) is 0 Å². The van der Waals surface area contributed by atoms with Crippen LogP contribution in [0.2, 0.25) is 0 Å². The molecule has 0 saturated heterocycles. The molecule has 0 heterocycles. The van der Waals surface area contributed by atoms with Crippen molar-refractivity contribution in [3.05, 3.63) is 65.2 Å². The third kappa shape index (κ3) is 3.68. The van der Waals surface area contributed by atoms with E-state index in [9.17, 15) is 4.79 Å². The van der Waals surface area contributed by atoms with Gasteiger partial charge in [-0.05, 0) is 61.4 Å². The summed E-state index contributed by atoms with van der Waals surface area (Å²) in [6.45, 7) is 2.73. The van der Waals surface area contributed by atoms with Crippen LogP contribution < -0.4 is 5.01 Å². The van der Waals surface area contributed by atoms with E-state index in [0.29, 0.717) is 0 Å². The molecule has 1 aliphatic carbocycles. The first kappa shape index (κ1) is 16.7. The maximum absolute atomic E-state index is 11.5. The Morgan fingerprint density at radius 3 is 2.46 bits per heavy atom. The van der Waals surface area contributed by atoms with Crippen LogP contribution in [0.25, 0.3) is 0 Å². The van der Waals surface area contributed by atoms with Gasteiger partial charge >= 0.3 is 0 Å². The Kier molecular flexibility index (Phi) is 5.31. The molecule has 0 unspecified atom stereocenters. The van der Waals surface area contributed by atoms with Crippen LogP contribution in [0.3, 0.4) is 0 Å². The smallest absolute Gasteiger partial charge is 0.143 e. The summed E-state index contributed by atoms with van der Waals surface area (Å²) in [7, 11) is 2.05. The lowest BCUT2D eigenvalue weighted by atomic mass is 9.91. The summed E-state index contributed by atoms with van der Waals surface area (Å²) < 4.78 is 0. The molecule has 2 aromatic carbocycles. The standard InChI is InChI=1S/C21H26N2O/c1-17(16-24)23(22(2)15-18-8-4-3-5-9-18)21-13-12-19-10-6-7-11-20(19)14-21/h3-5,8-9,12-14,16-17H,6-7,10-11,15H2,1-2H3/t17-/m0/s1. The van der Waals surface area contributed by atoms with Crippen molar-refractivity contribution in [2.75, 3.05) is 12.1 Å². The van der Waals surface area contributed by atoms with E-state index < -0.39 is 0 Å². The topological polar surface area (TPSA) is 23.6 Å². The molecule has 1 atom stereocenters. The van der Waals surface area contributed by atoms with Crippen molar-refractivity contribution in [3.8, 4) is 0 Å². The minimum absolute atomic E-state index is 0.194. The average Bonchev–Trinajstić information content (AvgIpc) is 2.62. The van der Waals surface area contributed by atoms with Crippen LogP contribution in [0.15, 0.2) is 48.5 Å². The highest BCUT2D eigenvalue weighted by atomic mass is 16.1. The first-order valence-corrected chi connectivity index (χ1v) is 8.80. The van der Waals surface area contributed by atoms with Gasteiger partial charge in [0.2, 0.25) is 0 Å². The molecule has 0 radical (unpaired) electrons. The Hall–Kier alpha value is -2.13. The maximum Gasteiger partial charge on any atom is 0.143 e. The van der Waals surface area contributed by atoms with E-state index >= 15 is 0 Å². The van der Waals surface area contributed by atoms with Crippen molar-refractivity contribution in [2.45, 2.75) is 45.2 Å². The molecule has 0 N–H and O–H groups in total. The highest BCUT2D eigenvalue weighted by Crippen LogP contribution is 2.28. The lowest BCUT2D eigenvalue weighted by molar-refractivity contribution is -0.109. The number of rotatable bonds is 6. The molecule has 0 fully saturated rings. The van der Waals surface area contributed by atoms with Crippen molar-refractivity contribution in [3.63, 3.8) is 0 Å². The van der Waals surface area contributed by atoms with Crippen molar-refractivity contribution in [2.24, 2.45) is 0 Å². The third-order valence-electron chi connectivity index (χ3n) is 4.80. The molecule has 3 nitrogen and oxygen atoms in total. The lowest BCUT2D eigenvalue weighted by Crippen LogP contribution is -2.46. The summed E-state index contributed by atoms with van der Waals surface area (Å²) in [6.07, 6.45) is 5.89.